The van der Waals surface area contributed by atoms with Crippen molar-refractivity contribution in [3.05, 3.63) is 69.7 Å². The third-order valence-corrected chi connectivity index (χ3v) is 6.28. The summed E-state index contributed by atoms with van der Waals surface area (Å²) < 4.78 is 10.6. The van der Waals surface area contributed by atoms with Crippen LogP contribution in [0.15, 0.2) is 46.9 Å². The molecule has 4 aromatic rings. The highest BCUT2D eigenvalue weighted by molar-refractivity contribution is 7.13. The number of fused-ring (bicyclic) bond motifs is 2. The third kappa shape index (κ3) is 3.52. The van der Waals surface area contributed by atoms with Crippen LogP contribution in [0.1, 0.15) is 22.3 Å². The molecular weight excluding hydrogens is 406 g/mol. The fraction of sp³-hybridized carbons (Fsp3) is 0.174. The number of H-pyrrole nitrogens is 1. The number of hydrogen-bond donors (Lipinski definition) is 2. The number of carbonyl (C=O) groups is 1. The molecule has 0 atom stereocenters. The van der Waals surface area contributed by atoms with Crippen LogP contribution in [-0.4, -0.2) is 15.4 Å². The van der Waals surface area contributed by atoms with Crippen molar-refractivity contribution in [1.29, 1.82) is 0 Å². The average Bonchev–Trinajstić information content (AvgIpc) is 2.88. The van der Waals surface area contributed by atoms with E-state index in [0.29, 0.717) is 16.2 Å². The van der Waals surface area contributed by atoms with E-state index >= 15 is 0 Å². The predicted octanol–water partition coefficient (Wildman–Crippen LogP) is 6.97. The zero-order chi connectivity index (χ0) is 20.7. The van der Waals surface area contributed by atoms with Crippen LogP contribution in [0, 0.1) is 20.8 Å². The van der Waals surface area contributed by atoms with E-state index in [1.54, 1.807) is 6.07 Å². The van der Waals surface area contributed by atoms with Gasteiger partial charge in [-0.25, -0.2) is 0 Å². The Morgan fingerprint density at radius 3 is 2.48 bits per heavy atom. The lowest BCUT2D eigenvalue weighted by Gasteiger charge is -2.17. The van der Waals surface area contributed by atoms with E-state index in [1.807, 2.05) is 57.2 Å². The maximum absolute atomic E-state index is 11.7. The highest BCUT2D eigenvalue weighted by atomic mass is 35.5. The standard InChI is InChI=1S/C23H20ClNO3S/c1-12-7-9-15(10-8-12)20-14(3)22-21(13(2)16(20)11-19(26)27)25-29-18-6-4-5-17(24)23(18)28-22/h4-10,25H,11H2,1-3H3,(H,26,27). The van der Waals surface area contributed by atoms with E-state index in [1.165, 1.54) is 11.5 Å². The van der Waals surface area contributed by atoms with Crippen LogP contribution in [0.4, 0.5) is 0 Å². The Labute approximate surface area is 177 Å². The van der Waals surface area contributed by atoms with Crippen molar-refractivity contribution < 1.29 is 14.3 Å². The average molecular weight is 426 g/mol. The van der Waals surface area contributed by atoms with Gasteiger partial charge >= 0.3 is 5.97 Å². The van der Waals surface area contributed by atoms with E-state index in [-0.39, 0.29) is 6.42 Å². The number of halogens is 1. The molecule has 3 aromatic carbocycles. The van der Waals surface area contributed by atoms with Gasteiger partial charge in [-0.3, -0.25) is 4.79 Å². The molecule has 2 N–H and O–H groups in total. The summed E-state index contributed by atoms with van der Waals surface area (Å²) in [6, 6.07) is 13.7. The lowest BCUT2D eigenvalue weighted by Crippen LogP contribution is -2.06. The molecule has 0 amide bonds. The van der Waals surface area contributed by atoms with Crippen LogP contribution in [-0.2, 0) is 11.2 Å². The van der Waals surface area contributed by atoms with Gasteiger partial charge in [-0.15, -0.1) is 0 Å². The molecule has 1 aromatic heterocycles. The molecule has 0 aliphatic heterocycles. The summed E-state index contributed by atoms with van der Waals surface area (Å²) in [5.74, 6) is -0.866. The zero-order valence-electron chi connectivity index (χ0n) is 16.3. The number of aromatic nitrogens is 1. The van der Waals surface area contributed by atoms with Crippen LogP contribution < -0.4 is 0 Å². The number of aromatic amines is 1. The molecule has 1 heterocycles. The van der Waals surface area contributed by atoms with Gasteiger partial charge in [0.1, 0.15) is 0 Å². The summed E-state index contributed by atoms with van der Waals surface area (Å²) in [5.41, 5.74) is 7.60. The van der Waals surface area contributed by atoms with Crippen molar-refractivity contribution in [2.75, 3.05) is 0 Å². The first kappa shape index (κ1) is 19.6. The van der Waals surface area contributed by atoms with E-state index < -0.39 is 5.97 Å². The van der Waals surface area contributed by atoms with Crippen molar-refractivity contribution >= 4 is 50.5 Å². The van der Waals surface area contributed by atoms with Gasteiger partial charge in [-0.05, 0) is 55.2 Å². The van der Waals surface area contributed by atoms with Crippen molar-refractivity contribution in [2.24, 2.45) is 0 Å². The second kappa shape index (κ2) is 7.58. The quantitative estimate of drug-likeness (QED) is 0.372. The number of carboxylic acids is 1. The lowest BCUT2D eigenvalue weighted by molar-refractivity contribution is -0.136. The third-order valence-electron chi connectivity index (χ3n) is 5.14. The highest BCUT2D eigenvalue weighted by Gasteiger charge is 2.20. The predicted molar refractivity (Wildman–Crippen MR) is 120 cm³/mol. The van der Waals surface area contributed by atoms with E-state index in [4.69, 9.17) is 16.0 Å². The summed E-state index contributed by atoms with van der Waals surface area (Å²) in [5, 5.41) is 10.1. The highest BCUT2D eigenvalue weighted by Crippen LogP contribution is 2.38. The van der Waals surface area contributed by atoms with Crippen LogP contribution in [0.5, 0.6) is 0 Å². The first-order valence-corrected chi connectivity index (χ1v) is 10.4. The second-order valence-electron chi connectivity index (χ2n) is 7.12. The largest absolute Gasteiger partial charge is 0.481 e. The molecule has 6 heteroatoms. The lowest BCUT2D eigenvalue weighted by atomic mass is 9.88. The molecule has 0 aliphatic rings. The number of nitrogens with one attached hydrogen (secondary N) is 1. The molecule has 0 saturated carbocycles. The Bertz CT molecular complexity index is 1290. The van der Waals surface area contributed by atoms with Gasteiger partial charge in [0.05, 0.1) is 21.7 Å². The molecule has 0 spiro atoms. The Kier molecular flexibility index (Phi) is 5.11. The molecule has 29 heavy (non-hydrogen) atoms. The summed E-state index contributed by atoms with van der Waals surface area (Å²) in [7, 11) is 0. The number of carboxylic acid groups (broad SMARTS) is 1. The monoisotopic (exact) mass is 425 g/mol. The number of rotatable bonds is 3. The fourth-order valence-corrected chi connectivity index (χ4v) is 4.76. The van der Waals surface area contributed by atoms with Crippen molar-refractivity contribution in [1.82, 2.24) is 4.37 Å². The molecule has 148 valence electrons. The maximum Gasteiger partial charge on any atom is 0.307 e. The summed E-state index contributed by atoms with van der Waals surface area (Å²) >= 11 is 7.82. The van der Waals surface area contributed by atoms with Gasteiger partial charge in [0.25, 0.3) is 0 Å². The molecule has 4 nitrogen and oxygen atoms in total. The van der Waals surface area contributed by atoms with E-state index in [9.17, 15) is 9.90 Å². The van der Waals surface area contributed by atoms with Gasteiger partial charge in [-0.2, -0.15) is 0 Å². The summed E-state index contributed by atoms with van der Waals surface area (Å²) in [6.45, 7) is 5.93. The number of hydrogen-bond acceptors (Lipinski definition) is 3. The van der Waals surface area contributed by atoms with Gasteiger partial charge in [0, 0.05) is 5.56 Å². The molecule has 0 radical (unpaired) electrons. The van der Waals surface area contributed by atoms with Crippen molar-refractivity contribution in [3.8, 4) is 11.1 Å². The minimum atomic E-state index is -0.866. The number of aliphatic carboxylic acids is 1. The number of para-hydroxylation sites is 1. The molecular formula is C23H20ClNO3S. The molecule has 0 fully saturated rings. The van der Waals surface area contributed by atoms with E-state index in [2.05, 4.69) is 4.37 Å². The SMILES string of the molecule is Cc1ccc(-c2c(CC(=O)O)c(C)c3[nH]sc4cccc(Cl)c4oc3c2C)cc1. The van der Waals surface area contributed by atoms with Gasteiger partial charge < -0.3 is 13.9 Å². The van der Waals surface area contributed by atoms with E-state index in [0.717, 1.165) is 43.6 Å². The smallest absolute Gasteiger partial charge is 0.307 e. The maximum atomic E-state index is 11.7. The van der Waals surface area contributed by atoms with Crippen LogP contribution in [0.2, 0.25) is 5.02 Å². The minimum Gasteiger partial charge on any atom is -0.481 e. The Balaban J connectivity index is 2.18. The first-order chi connectivity index (χ1) is 13.9. The molecule has 4 rings (SSSR count). The summed E-state index contributed by atoms with van der Waals surface area (Å²) in [6.07, 6.45) is -0.0663. The first-order valence-electron chi connectivity index (χ1n) is 9.21. The van der Waals surface area contributed by atoms with Gasteiger partial charge in [-0.1, -0.05) is 59.0 Å². The molecule has 0 saturated heterocycles. The Morgan fingerprint density at radius 2 is 1.79 bits per heavy atom. The topological polar surface area (TPSA) is 66.2 Å². The molecule has 0 bridgehead atoms. The van der Waals surface area contributed by atoms with Crippen LogP contribution >= 0.6 is 23.1 Å². The van der Waals surface area contributed by atoms with Crippen LogP contribution in [0.3, 0.4) is 0 Å². The Hall–Kier alpha value is -2.76. The second-order valence-corrected chi connectivity index (χ2v) is 8.37. The minimum absolute atomic E-state index is 0.0663. The molecule has 0 unspecified atom stereocenters. The fourth-order valence-electron chi connectivity index (χ4n) is 3.65. The van der Waals surface area contributed by atoms with Crippen LogP contribution in [0.25, 0.3) is 32.5 Å². The number of benzene rings is 3. The zero-order valence-corrected chi connectivity index (χ0v) is 17.9. The molecule has 0 aliphatic carbocycles. The summed E-state index contributed by atoms with van der Waals surface area (Å²) in [4.78, 5) is 11.7. The van der Waals surface area contributed by atoms with Crippen molar-refractivity contribution in [3.63, 3.8) is 0 Å². The van der Waals surface area contributed by atoms with Crippen molar-refractivity contribution in [2.45, 2.75) is 27.2 Å². The Morgan fingerprint density at radius 1 is 1.07 bits per heavy atom. The van der Waals surface area contributed by atoms with Gasteiger partial charge in [0.2, 0.25) is 0 Å². The number of aryl methyl sites for hydroxylation is 3. The van der Waals surface area contributed by atoms with Gasteiger partial charge in [0.15, 0.2) is 11.2 Å². The normalized spacial score (nSPS) is 11.2.